The molecule has 6 nitrogen and oxygen atoms in total. The van der Waals surface area contributed by atoms with Crippen LogP contribution in [-0.4, -0.2) is 25.7 Å². The normalized spacial score (nSPS) is 10.6. The summed E-state index contributed by atoms with van der Waals surface area (Å²) in [6, 6.07) is 5.52. The van der Waals surface area contributed by atoms with Crippen molar-refractivity contribution in [2.24, 2.45) is 0 Å². The molecule has 0 bridgehead atoms. The molecule has 0 radical (unpaired) electrons. The first-order valence-corrected chi connectivity index (χ1v) is 7.70. The molecule has 1 N–H and O–H groups in total. The summed E-state index contributed by atoms with van der Waals surface area (Å²) in [5.41, 5.74) is 1.87. The average molecular weight is 313 g/mol. The maximum absolute atomic E-state index is 12.3. The van der Waals surface area contributed by atoms with E-state index in [-0.39, 0.29) is 5.91 Å². The number of aromatic nitrogens is 4. The van der Waals surface area contributed by atoms with Crippen LogP contribution in [0, 0.1) is 6.92 Å². The Morgan fingerprint density at radius 1 is 1.41 bits per heavy atom. The van der Waals surface area contributed by atoms with Gasteiger partial charge in [0, 0.05) is 4.88 Å². The van der Waals surface area contributed by atoms with Gasteiger partial charge in [0.05, 0.1) is 16.8 Å². The van der Waals surface area contributed by atoms with Crippen LogP contribution in [0.3, 0.4) is 0 Å². The number of nitrogens with one attached hydrogen (secondary N) is 1. The highest BCUT2D eigenvalue weighted by atomic mass is 32.1. The fraction of sp³-hybridized carbons (Fsp3) is 0.200. The number of carbonyl (C=O) groups excluding carboxylic acids is 1. The lowest BCUT2D eigenvalue weighted by Gasteiger charge is -2.04. The summed E-state index contributed by atoms with van der Waals surface area (Å²) in [6.07, 6.45) is 5.56. The van der Waals surface area contributed by atoms with Crippen molar-refractivity contribution >= 4 is 22.9 Å². The minimum absolute atomic E-state index is 0.108. The van der Waals surface area contributed by atoms with Gasteiger partial charge in [-0.25, -0.2) is 14.6 Å². The molecule has 112 valence electrons. The summed E-state index contributed by atoms with van der Waals surface area (Å²) < 4.78 is 1.56. The lowest BCUT2D eigenvalue weighted by molar-refractivity contribution is 0.103. The third-order valence-electron chi connectivity index (χ3n) is 3.28. The summed E-state index contributed by atoms with van der Waals surface area (Å²) >= 11 is 1.51. The highest BCUT2D eigenvalue weighted by Crippen LogP contribution is 2.23. The predicted molar refractivity (Wildman–Crippen MR) is 85.5 cm³/mol. The number of thiophene rings is 1. The van der Waals surface area contributed by atoms with Crippen LogP contribution in [-0.2, 0) is 6.42 Å². The second-order valence-electron chi connectivity index (χ2n) is 4.74. The van der Waals surface area contributed by atoms with Crippen molar-refractivity contribution in [3.63, 3.8) is 0 Å². The fourth-order valence-electron chi connectivity index (χ4n) is 2.10. The summed E-state index contributed by atoms with van der Waals surface area (Å²) in [7, 11) is 0. The molecule has 1 amide bonds. The van der Waals surface area contributed by atoms with Gasteiger partial charge >= 0.3 is 0 Å². The number of aryl methyl sites for hydroxylation is 2. The molecule has 0 aromatic carbocycles. The van der Waals surface area contributed by atoms with Gasteiger partial charge in [0.25, 0.3) is 5.91 Å². The van der Waals surface area contributed by atoms with Crippen LogP contribution in [0.4, 0.5) is 5.69 Å². The fourth-order valence-corrected chi connectivity index (χ4v) is 3.11. The van der Waals surface area contributed by atoms with E-state index in [0.29, 0.717) is 11.5 Å². The van der Waals surface area contributed by atoms with Gasteiger partial charge in [0.15, 0.2) is 5.82 Å². The minimum Gasteiger partial charge on any atom is -0.320 e. The van der Waals surface area contributed by atoms with E-state index >= 15 is 0 Å². The first-order valence-electron chi connectivity index (χ1n) is 6.89. The molecule has 0 saturated carbocycles. The monoisotopic (exact) mass is 313 g/mol. The quantitative estimate of drug-likeness (QED) is 0.804. The Morgan fingerprint density at radius 2 is 2.27 bits per heavy atom. The molecular weight excluding hydrogens is 298 g/mol. The summed E-state index contributed by atoms with van der Waals surface area (Å²) in [6.45, 7) is 4.12. The molecule has 7 heteroatoms. The van der Waals surface area contributed by atoms with E-state index in [9.17, 15) is 4.79 Å². The zero-order valence-corrected chi connectivity index (χ0v) is 13.1. The van der Waals surface area contributed by atoms with Crippen LogP contribution in [0.15, 0.2) is 37.1 Å². The maximum atomic E-state index is 12.3. The maximum Gasteiger partial charge on any atom is 0.265 e. The number of pyridine rings is 1. The number of rotatable bonds is 4. The molecule has 3 heterocycles. The second-order valence-corrected chi connectivity index (χ2v) is 6.00. The van der Waals surface area contributed by atoms with Gasteiger partial charge < -0.3 is 5.32 Å². The van der Waals surface area contributed by atoms with E-state index in [4.69, 9.17) is 0 Å². The number of anilines is 1. The van der Waals surface area contributed by atoms with Crippen LogP contribution in [0.5, 0.6) is 0 Å². The summed E-state index contributed by atoms with van der Waals surface area (Å²) in [5.74, 6) is 0.541. The van der Waals surface area contributed by atoms with Crippen molar-refractivity contribution in [2.75, 3.05) is 5.32 Å². The molecule has 0 unspecified atom stereocenters. The van der Waals surface area contributed by atoms with E-state index in [1.165, 1.54) is 28.1 Å². The zero-order chi connectivity index (χ0) is 15.5. The molecule has 0 aliphatic heterocycles. The number of carbonyl (C=O) groups is 1. The Hall–Kier alpha value is -2.54. The smallest absolute Gasteiger partial charge is 0.265 e. The Morgan fingerprint density at radius 3 is 2.86 bits per heavy atom. The largest absolute Gasteiger partial charge is 0.320 e. The van der Waals surface area contributed by atoms with Crippen molar-refractivity contribution in [1.29, 1.82) is 0 Å². The Kier molecular flexibility index (Phi) is 3.97. The van der Waals surface area contributed by atoms with Crippen molar-refractivity contribution in [3.05, 3.63) is 52.4 Å². The van der Waals surface area contributed by atoms with E-state index in [1.807, 2.05) is 13.0 Å². The van der Waals surface area contributed by atoms with Crippen molar-refractivity contribution in [3.8, 4) is 5.82 Å². The van der Waals surface area contributed by atoms with Crippen molar-refractivity contribution in [2.45, 2.75) is 20.3 Å². The highest BCUT2D eigenvalue weighted by molar-refractivity contribution is 7.14. The summed E-state index contributed by atoms with van der Waals surface area (Å²) in [5, 5.41) is 6.86. The standard InChI is InChI=1S/C15H15N5OS/c1-3-11-6-13(22-10(11)2)15(21)19-12-4-5-14(17-7-12)20-9-16-8-18-20/h4-9H,3H2,1-2H3,(H,19,21). The number of hydrogen-bond acceptors (Lipinski definition) is 5. The molecular formula is C15H15N5OS. The zero-order valence-electron chi connectivity index (χ0n) is 12.3. The lowest BCUT2D eigenvalue weighted by atomic mass is 10.2. The first-order chi connectivity index (χ1) is 10.7. The number of hydrogen-bond donors (Lipinski definition) is 1. The van der Waals surface area contributed by atoms with Crippen LogP contribution in [0.1, 0.15) is 27.0 Å². The topological polar surface area (TPSA) is 72.7 Å². The van der Waals surface area contributed by atoms with Crippen molar-refractivity contribution < 1.29 is 4.79 Å². The highest BCUT2D eigenvalue weighted by Gasteiger charge is 2.12. The van der Waals surface area contributed by atoms with Gasteiger partial charge in [0.2, 0.25) is 0 Å². The van der Waals surface area contributed by atoms with Gasteiger partial charge in [-0.2, -0.15) is 5.10 Å². The van der Waals surface area contributed by atoms with E-state index in [2.05, 4.69) is 27.3 Å². The molecule has 22 heavy (non-hydrogen) atoms. The van der Waals surface area contributed by atoms with Crippen LogP contribution >= 0.6 is 11.3 Å². The Labute approximate surface area is 131 Å². The van der Waals surface area contributed by atoms with Gasteiger partial charge in [-0.15, -0.1) is 11.3 Å². The molecule has 0 aliphatic rings. The lowest BCUT2D eigenvalue weighted by Crippen LogP contribution is -2.10. The third-order valence-corrected chi connectivity index (χ3v) is 4.38. The molecule has 0 spiro atoms. The molecule has 3 rings (SSSR count). The summed E-state index contributed by atoms with van der Waals surface area (Å²) in [4.78, 5) is 22.3. The van der Waals surface area contributed by atoms with E-state index < -0.39 is 0 Å². The van der Waals surface area contributed by atoms with Gasteiger partial charge in [-0.1, -0.05) is 6.92 Å². The predicted octanol–water partition coefficient (Wildman–Crippen LogP) is 2.85. The van der Waals surface area contributed by atoms with Crippen molar-refractivity contribution in [1.82, 2.24) is 19.7 Å². The van der Waals surface area contributed by atoms with Gasteiger partial charge in [-0.3, -0.25) is 4.79 Å². The Balaban J connectivity index is 1.73. The van der Waals surface area contributed by atoms with Gasteiger partial charge in [0.1, 0.15) is 12.7 Å². The average Bonchev–Trinajstić information content (AvgIpc) is 3.17. The minimum atomic E-state index is -0.108. The Bertz CT molecular complexity index is 777. The number of amides is 1. The van der Waals surface area contributed by atoms with Crippen LogP contribution < -0.4 is 5.32 Å². The van der Waals surface area contributed by atoms with E-state index in [0.717, 1.165) is 11.3 Å². The molecule has 0 aliphatic carbocycles. The SMILES string of the molecule is CCc1cc(C(=O)Nc2ccc(-n3cncn3)nc2)sc1C. The third kappa shape index (κ3) is 2.89. The van der Waals surface area contributed by atoms with E-state index in [1.54, 1.807) is 29.3 Å². The molecule has 0 saturated heterocycles. The molecule has 3 aromatic rings. The number of nitrogens with zero attached hydrogens (tertiary/aromatic N) is 4. The van der Waals surface area contributed by atoms with Crippen LogP contribution in [0.25, 0.3) is 5.82 Å². The van der Waals surface area contributed by atoms with Crippen LogP contribution in [0.2, 0.25) is 0 Å². The molecule has 3 aromatic heterocycles. The van der Waals surface area contributed by atoms with Gasteiger partial charge in [-0.05, 0) is 37.1 Å². The second kappa shape index (κ2) is 6.07. The first kappa shape index (κ1) is 14.4. The molecule has 0 fully saturated rings. The molecule has 0 atom stereocenters.